The van der Waals surface area contributed by atoms with Gasteiger partial charge in [-0.15, -0.1) is 23.4 Å². The molecule has 180 valence electrons. The molecule has 8 nitrogen and oxygen atoms in total. The Morgan fingerprint density at radius 1 is 1.00 bits per heavy atom. The SMILES string of the molecule is COc1cccc2c1N[C@H](c1ccc([N+](=O)[O-])cc1)[C@@H]1C[C@H](Sc3ccccc3[N+](=O)[O-])[C@H](Cl)[C@@H]21. The van der Waals surface area contributed by atoms with Crippen molar-refractivity contribution in [3.8, 4) is 5.75 Å². The van der Waals surface area contributed by atoms with Gasteiger partial charge in [-0.3, -0.25) is 20.2 Å². The minimum Gasteiger partial charge on any atom is -0.495 e. The molecule has 1 aliphatic heterocycles. The van der Waals surface area contributed by atoms with Gasteiger partial charge in [-0.05, 0) is 35.6 Å². The lowest BCUT2D eigenvalue weighted by atomic mass is 9.77. The molecule has 2 aliphatic rings. The standard InChI is InChI=1S/C25H22ClN3O5S/c1-34-19-7-4-5-16-22-17(24(27-25(16)19)14-9-11-15(12-10-14)28(30)31)13-21(23(22)26)35-20-8-3-2-6-18(20)29(32)33/h2-12,17,21-24,27H,13H2,1H3/t17-,21+,22+,23+,24-/m1/s1. The van der Waals surface area contributed by atoms with E-state index < -0.39 is 4.92 Å². The average Bonchev–Trinajstić information content (AvgIpc) is 3.19. The number of hydrogen-bond acceptors (Lipinski definition) is 7. The van der Waals surface area contributed by atoms with E-state index >= 15 is 0 Å². The third kappa shape index (κ3) is 4.19. The van der Waals surface area contributed by atoms with E-state index in [0.717, 1.165) is 23.2 Å². The Bertz CT molecular complexity index is 1290. The fraction of sp³-hybridized carbons (Fsp3) is 0.280. The molecule has 0 saturated heterocycles. The topological polar surface area (TPSA) is 108 Å². The number of nitrogens with zero attached hydrogens (tertiary/aromatic N) is 2. The third-order valence-corrected chi connectivity index (χ3v) is 8.95. The van der Waals surface area contributed by atoms with E-state index in [-0.39, 0.29) is 44.8 Å². The van der Waals surface area contributed by atoms with E-state index in [2.05, 4.69) is 5.32 Å². The first kappa shape index (κ1) is 23.4. The smallest absolute Gasteiger partial charge is 0.282 e. The van der Waals surface area contributed by atoms with Crippen molar-refractivity contribution in [1.82, 2.24) is 0 Å². The van der Waals surface area contributed by atoms with Crippen LogP contribution in [0, 0.1) is 26.1 Å². The van der Waals surface area contributed by atoms with Gasteiger partial charge in [0.25, 0.3) is 11.4 Å². The van der Waals surface area contributed by atoms with Gasteiger partial charge in [0, 0.05) is 29.4 Å². The highest BCUT2D eigenvalue weighted by atomic mass is 35.5. The number of benzene rings is 3. The van der Waals surface area contributed by atoms with Crippen LogP contribution in [0.2, 0.25) is 0 Å². The number of nitro benzene ring substituents is 2. The van der Waals surface area contributed by atoms with E-state index in [4.69, 9.17) is 16.3 Å². The summed E-state index contributed by atoms with van der Waals surface area (Å²) in [5, 5.41) is 26.0. The van der Waals surface area contributed by atoms with Crippen molar-refractivity contribution in [2.45, 2.75) is 33.9 Å². The van der Waals surface area contributed by atoms with Gasteiger partial charge < -0.3 is 10.1 Å². The maximum absolute atomic E-state index is 11.6. The van der Waals surface area contributed by atoms with Gasteiger partial charge in [0.15, 0.2) is 0 Å². The first-order valence-corrected chi connectivity index (χ1v) is 12.4. The van der Waals surface area contributed by atoms with Gasteiger partial charge in [0.05, 0.1) is 39.0 Å². The van der Waals surface area contributed by atoms with E-state index in [9.17, 15) is 20.2 Å². The van der Waals surface area contributed by atoms with Crippen molar-refractivity contribution in [3.05, 3.63) is 98.1 Å². The number of thioether (sulfide) groups is 1. The summed E-state index contributed by atoms with van der Waals surface area (Å²) < 4.78 is 5.62. The lowest BCUT2D eigenvalue weighted by Gasteiger charge is -2.38. The molecule has 0 bridgehead atoms. The van der Waals surface area contributed by atoms with Crippen molar-refractivity contribution in [2.75, 3.05) is 12.4 Å². The third-order valence-electron chi connectivity index (χ3n) is 6.83. The molecular weight excluding hydrogens is 490 g/mol. The van der Waals surface area contributed by atoms with Crippen LogP contribution in [-0.4, -0.2) is 27.6 Å². The number of para-hydroxylation sites is 2. The van der Waals surface area contributed by atoms with Crippen LogP contribution >= 0.6 is 23.4 Å². The molecule has 0 aromatic heterocycles. The second-order valence-corrected chi connectivity index (χ2v) is 10.4. The van der Waals surface area contributed by atoms with Gasteiger partial charge in [0.2, 0.25) is 0 Å². The van der Waals surface area contributed by atoms with E-state index in [0.29, 0.717) is 10.6 Å². The van der Waals surface area contributed by atoms with Crippen LogP contribution in [0.3, 0.4) is 0 Å². The summed E-state index contributed by atoms with van der Waals surface area (Å²) in [4.78, 5) is 22.5. The maximum atomic E-state index is 11.6. The number of anilines is 1. The molecule has 1 heterocycles. The molecule has 5 atom stereocenters. The number of nitro groups is 2. The summed E-state index contributed by atoms with van der Waals surface area (Å²) in [5.74, 6) is 0.758. The molecule has 0 spiro atoms. The average molecular weight is 512 g/mol. The Morgan fingerprint density at radius 2 is 1.74 bits per heavy atom. The van der Waals surface area contributed by atoms with Crippen molar-refractivity contribution in [2.24, 2.45) is 5.92 Å². The first-order chi connectivity index (χ1) is 16.9. The first-order valence-electron chi connectivity index (χ1n) is 11.1. The molecule has 0 unspecified atom stereocenters. The maximum Gasteiger partial charge on any atom is 0.282 e. The summed E-state index contributed by atoms with van der Waals surface area (Å²) in [6, 6.07) is 19.0. The van der Waals surface area contributed by atoms with Crippen LogP contribution < -0.4 is 10.1 Å². The number of halogens is 1. The summed E-state index contributed by atoms with van der Waals surface area (Å²) in [6.07, 6.45) is 0.723. The van der Waals surface area contributed by atoms with Crippen LogP contribution in [0.4, 0.5) is 17.1 Å². The molecule has 1 N–H and O–H groups in total. The second kappa shape index (κ2) is 9.39. The van der Waals surface area contributed by atoms with E-state index in [1.807, 2.05) is 18.2 Å². The lowest BCUT2D eigenvalue weighted by molar-refractivity contribution is -0.387. The van der Waals surface area contributed by atoms with Gasteiger partial charge >= 0.3 is 0 Å². The summed E-state index contributed by atoms with van der Waals surface area (Å²) in [7, 11) is 1.62. The minimum atomic E-state index is -0.414. The number of nitrogens with one attached hydrogen (secondary N) is 1. The number of methoxy groups -OCH3 is 1. The molecule has 10 heteroatoms. The van der Waals surface area contributed by atoms with Crippen LogP contribution in [-0.2, 0) is 0 Å². The molecule has 5 rings (SSSR count). The minimum absolute atomic E-state index is 0.0246. The highest BCUT2D eigenvalue weighted by Crippen LogP contribution is 2.59. The van der Waals surface area contributed by atoms with Crippen molar-refractivity contribution >= 4 is 40.4 Å². The van der Waals surface area contributed by atoms with Gasteiger partial charge in [0.1, 0.15) is 5.75 Å². The van der Waals surface area contributed by atoms with Crippen LogP contribution in [0.25, 0.3) is 0 Å². The number of fused-ring (bicyclic) bond motifs is 3. The fourth-order valence-corrected chi connectivity index (χ4v) is 7.23. The van der Waals surface area contributed by atoms with Gasteiger partial charge in [-0.2, -0.15) is 0 Å². The number of ether oxygens (including phenoxy) is 1. The normalized spacial score (nSPS) is 24.7. The number of rotatable bonds is 6. The highest BCUT2D eigenvalue weighted by Gasteiger charge is 2.51. The molecule has 1 fully saturated rings. The lowest BCUT2D eigenvalue weighted by Crippen LogP contribution is -2.31. The number of non-ortho nitro benzene ring substituents is 1. The molecule has 1 saturated carbocycles. The Kier molecular flexibility index (Phi) is 6.29. The predicted molar refractivity (Wildman–Crippen MR) is 136 cm³/mol. The Labute approximate surface area is 210 Å². The fourth-order valence-electron chi connectivity index (χ4n) is 5.29. The van der Waals surface area contributed by atoms with E-state index in [1.54, 1.807) is 37.4 Å². The van der Waals surface area contributed by atoms with Gasteiger partial charge in [-0.25, -0.2) is 0 Å². The van der Waals surface area contributed by atoms with Crippen LogP contribution in [0.1, 0.15) is 29.5 Å². The molecule has 3 aromatic carbocycles. The summed E-state index contributed by atoms with van der Waals surface area (Å²) >= 11 is 8.57. The van der Waals surface area contributed by atoms with Crippen LogP contribution in [0.5, 0.6) is 5.75 Å². The zero-order valence-corrected chi connectivity index (χ0v) is 20.2. The van der Waals surface area contributed by atoms with Crippen LogP contribution in [0.15, 0.2) is 71.6 Å². The molecular formula is C25H22ClN3O5S. The Balaban J connectivity index is 1.54. The zero-order chi connectivity index (χ0) is 24.7. The van der Waals surface area contributed by atoms with Crippen molar-refractivity contribution in [3.63, 3.8) is 0 Å². The highest BCUT2D eigenvalue weighted by molar-refractivity contribution is 8.00. The van der Waals surface area contributed by atoms with Gasteiger partial charge in [-0.1, -0.05) is 36.4 Å². The van der Waals surface area contributed by atoms with Crippen molar-refractivity contribution in [1.29, 1.82) is 0 Å². The number of alkyl halides is 1. The Morgan fingerprint density at radius 3 is 2.43 bits per heavy atom. The second-order valence-electron chi connectivity index (χ2n) is 8.65. The summed E-state index contributed by atoms with van der Waals surface area (Å²) in [6.45, 7) is 0. The zero-order valence-electron chi connectivity index (χ0n) is 18.7. The molecule has 0 amide bonds. The monoisotopic (exact) mass is 511 g/mol. The Hall–Kier alpha value is -3.30. The predicted octanol–water partition coefficient (Wildman–Crippen LogP) is 6.55. The molecule has 3 aromatic rings. The quantitative estimate of drug-likeness (QED) is 0.227. The summed E-state index contributed by atoms with van der Waals surface area (Å²) in [5.41, 5.74) is 2.94. The van der Waals surface area contributed by atoms with Crippen molar-refractivity contribution < 1.29 is 14.6 Å². The molecule has 1 aliphatic carbocycles. The molecule has 0 radical (unpaired) electrons. The van der Waals surface area contributed by atoms with E-state index in [1.165, 1.54) is 30.0 Å². The largest absolute Gasteiger partial charge is 0.495 e. The number of hydrogen-bond donors (Lipinski definition) is 1. The molecule has 35 heavy (non-hydrogen) atoms.